The lowest BCUT2D eigenvalue weighted by Gasteiger charge is -2.37. The summed E-state index contributed by atoms with van der Waals surface area (Å²) >= 11 is 3.17. The summed E-state index contributed by atoms with van der Waals surface area (Å²) in [4.78, 5) is 32.1. The van der Waals surface area contributed by atoms with Gasteiger partial charge in [0.05, 0.1) is 54.3 Å². The number of amides is 2. The fourth-order valence-corrected chi connectivity index (χ4v) is 6.09. The number of methoxy groups -OCH3 is 1. The monoisotopic (exact) mass is 675 g/mol. The van der Waals surface area contributed by atoms with Gasteiger partial charge in [-0.15, -0.1) is 0 Å². The van der Waals surface area contributed by atoms with Crippen LogP contribution in [0.4, 0.5) is 14.9 Å². The average molecular weight is 677 g/mol. The van der Waals surface area contributed by atoms with Crippen molar-refractivity contribution in [3.63, 3.8) is 0 Å². The fraction of sp³-hybridized carbons (Fsp3) is 0.531. The number of Topliss-reactive ketones (excluding diaryl/α,β-unsaturated/α-hetero) is 1. The van der Waals surface area contributed by atoms with Crippen LogP contribution >= 0.6 is 16.1 Å². The van der Waals surface area contributed by atoms with E-state index in [4.69, 9.17) is 14.2 Å². The highest BCUT2D eigenvalue weighted by molar-refractivity contribution is 9.08. The minimum Gasteiger partial charge on any atom is -0.494 e. The molecule has 0 spiro atoms. The molecule has 44 heavy (non-hydrogen) atoms. The van der Waals surface area contributed by atoms with Gasteiger partial charge in [-0.05, 0) is 49.9 Å². The zero-order chi connectivity index (χ0) is 32.2. The Morgan fingerprint density at radius 2 is 1.70 bits per heavy atom. The summed E-state index contributed by atoms with van der Waals surface area (Å²) in [5.74, 6) is 0.699. The largest absolute Gasteiger partial charge is 0.494 e. The number of halogens is 2. The van der Waals surface area contributed by atoms with Crippen LogP contribution in [0.25, 0.3) is 0 Å². The molecular formula is C32H43BrFN5O5. The van der Waals surface area contributed by atoms with Crippen LogP contribution < -0.4 is 24.4 Å². The van der Waals surface area contributed by atoms with Gasteiger partial charge >= 0.3 is 6.03 Å². The van der Waals surface area contributed by atoms with Crippen molar-refractivity contribution in [1.29, 1.82) is 0 Å². The van der Waals surface area contributed by atoms with Gasteiger partial charge in [0.1, 0.15) is 11.6 Å². The van der Waals surface area contributed by atoms with Gasteiger partial charge in [-0.25, -0.2) is 9.18 Å². The van der Waals surface area contributed by atoms with E-state index < -0.39 is 5.82 Å². The summed E-state index contributed by atoms with van der Waals surface area (Å²) in [6.45, 7) is 15.5. The number of anilines is 1. The van der Waals surface area contributed by atoms with Gasteiger partial charge < -0.3 is 34.2 Å². The molecule has 2 amide bonds. The number of nitrogens with zero attached hydrogens (tertiary/aromatic N) is 4. The van der Waals surface area contributed by atoms with Gasteiger partial charge in [0.2, 0.25) is 0 Å². The van der Waals surface area contributed by atoms with Gasteiger partial charge in [0.25, 0.3) is 0 Å². The van der Waals surface area contributed by atoms with E-state index in [2.05, 4.69) is 51.2 Å². The molecule has 0 unspecified atom stereocenters. The van der Waals surface area contributed by atoms with E-state index in [0.29, 0.717) is 67.8 Å². The zero-order valence-electron chi connectivity index (χ0n) is 26.7. The number of carbonyl (C=O) groups excluding carboxylic acids is 2. The van der Waals surface area contributed by atoms with Gasteiger partial charge in [0, 0.05) is 50.4 Å². The molecule has 1 saturated heterocycles. The number of carbonyl (C=O) groups is 2. The molecular weight excluding hydrogens is 633 g/mol. The SMILES string of the molecule is CCNC(=O)N1CCN(c2cc(C(=O)CN3Cc4cc(OCC)c(OCC)c(F)c4/C3=N/Br)cc(C(C)(C)C)c2OC)CC1. The van der Waals surface area contributed by atoms with Crippen molar-refractivity contribution in [2.45, 2.75) is 53.5 Å². The Hall–Kier alpha value is -3.54. The van der Waals surface area contributed by atoms with Crippen molar-refractivity contribution < 1.29 is 28.2 Å². The van der Waals surface area contributed by atoms with Gasteiger partial charge in [0.15, 0.2) is 23.1 Å². The average Bonchev–Trinajstić information content (AvgIpc) is 3.35. The number of fused-ring (bicyclic) bond motifs is 1. The third kappa shape index (κ3) is 6.74. The maximum Gasteiger partial charge on any atom is 0.317 e. The lowest BCUT2D eigenvalue weighted by atomic mass is 9.84. The van der Waals surface area contributed by atoms with Crippen LogP contribution in [-0.4, -0.2) is 87.0 Å². The summed E-state index contributed by atoms with van der Waals surface area (Å²) in [6, 6.07) is 5.45. The summed E-state index contributed by atoms with van der Waals surface area (Å²) in [5, 5.41) is 2.86. The maximum absolute atomic E-state index is 15.8. The number of hydrogen-bond acceptors (Lipinski definition) is 7. The molecule has 2 aliphatic heterocycles. The first-order chi connectivity index (χ1) is 21.0. The van der Waals surface area contributed by atoms with Crippen LogP contribution in [0.5, 0.6) is 17.2 Å². The van der Waals surface area contributed by atoms with Crippen molar-refractivity contribution in [3.8, 4) is 17.2 Å². The van der Waals surface area contributed by atoms with Gasteiger partial charge in [-0.1, -0.05) is 20.8 Å². The van der Waals surface area contributed by atoms with Crippen LogP contribution in [0.2, 0.25) is 0 Å². The van der Waals surface area contributed by atoms with Gasteiger partial charge in [-0.3, -0.25) is 4.79 Å². The molecule has 1 fully saturated rings. The number of hydrogen-bond donors (Lipinski definition) is 1. The predicted octanol–water partition coefficient (Wildman–Crippen LogP) is 5.54. The molecule has 240 valence electrons. The number of ketones is 1. The molecule has 0 atom stereocenters. The quantitative estimate of drug-likeness (QED) is 0.331. The van der Waals surface area contributed by atoms with E-state index in [9.17, 15) is 9.59 Å². The van der Waals surface area contributed by atoms with Crippen molar-refractivity contribution in [2.24, 2.45) is 4.02 Å². The van der Waals surface area contributed by atoms with Crippen LogP contribution in [0.1, 0.15) is 68.6 Å². The summed E-state index contributed by atoms with van der Waals surface area (Å²) in [7, 11) is 1.64. The summed E-state index contributed by atoms with van der Waals surface area (Å²) < 4.78 is 37.2. The second-order valence-corrected chi connectivity index (χ2v) is 12.1. The molecule has 0 radical (unpaired) electrons. The van der Waals surface area contributed by atoms with Crippen molar-refractivity contribution >= 4 is 39.5 Å². The Morgan fingerprint density at radius 1 is 1.02 bits per heavy atom. The summed E-state index contributed by atoms with van der Waals surface area (Å²) in [6.07, 6.45) is 0. The molecule has 0 saturated carbocycles. The molecule has 10 nitrogen and oxygen atoms in total. The predicted molar refractivity (Wildman–Crippen MR) is 173 cm³/mol. The molecule has 1 N–H and O–H groups in total. The van der Waals surface area contributed by atoms with E-state index in [1.807, 2.05) is 26.0 Å². The van der Waals surface area contributed by atoms with Gasteiger partial charge in [-0.2, -0.15) is 4.02 Å². The van der Waals surface area contributed by atoms with E-state index >= 15 is 4.39 Å². The van der Waals surface area contributed by atoms with Crippen LogP contribution in [0.15, 0.2) is 22.2 Å². The minimum atomic E-state index is -0.561. The molecule has 0 aliphatic carbocycles. The number of piperazine rings is 1. The molecule has 0 aromatic heterocycles. The smallest absolute Gasteiger partial charge is 0.317 e. The van der Waals surface area contributed by atoms with E-state index in [-0.39, 0.29) is 48.2 Å². The second-order valence-electron chi connectivity index (χ2n) is 11.7. The Labute approximate surface area is 267 Å². The number of rotatable bonds is 10. The first-order valence-corrected chi connectivity index (χ1v) is 15.8. The highest BCUT2D eigenvalue weighted by Gasteiger charge is 2.35. The fourth-order valence-electron chi connectivity index (χ4n) is 5.69. The van der Waals surface area contributed by atoms with Crippen molar-refractivity contribution in [2.75, 3.05) is 64.5 Å². The lowest BCUT2D eigenvalue weighted by molar-refractivity contribution is 0.0963. The third-order valence-electron chi connectivity index (χ3n) is 7.80. The topological polar surface area (TPSA) is 95.9 Å². The van der Waals surface area contributed by atoms with Crippen LogP contribution in [0.3, 0.4) is 0 Å². The van der Waals surface area contributed by atoms with E-state index in [1.165, 1.54) is 0 Å². The zero-order valence-corrected chi connectivity index (χ0v) is 28.3. The first-order valence-electron chi connectivity index (χ1n) is 15.1. The number of ether oxygens (including phenoxy) is 3. The Morgan fingerprint density at radius 3 is 2.27 bits per heavy atom. The number of nitrogens with one attached hydrogen (secondary N) is 1. The standard InChI is InChI=1S/C32H43BrFN5O5/c1-8-35-31(41)38-13-11-37(12-14-38)23-16-20(15-22(28(23)42-7)32(4,5)6)24(40)19-39-18-21-17-25(43-9-2)29(44-10-3)27(34)26(21)30(39)36-33/h15-17H,8-14,18-19H2,1-7H3,(H,35,41)/b36-30-. The highest BCUT2D eigenvalue weighted by Crippen LogP contribution is 2.42. The molecule has 12 heteroatoms. The number of benzene rings is 2. The maximum atomic E-state index is 15.8. The first kappa shape index (κ1) is 33.4. The van der Waals surface area contributed by atoms with E-state index in [1.54, 1.807) is 29.9 Å². The molecule has 2 aromatic rings. The third-order valence-corrected chi connectivity index (χ3v) is 8.13. The Balaban J connectivity index is 1.66. The number of urea groups is 1. The van der Waals surface area contributed by atoms with Crippen molar-refractivity contribution in [3.05, 3.63) is 46.3 Å². The van der Waals surface area contributed by atoms with Crippen molar-refractivity contribution in [1.82, 2.24) is 15.1 Å². The molecule has 4 rings (SSSR count). The van der Waals surface area contributed by atoms with E-state index in [0.717, 1.165) is 11.3 Å². The van der Waals surface area contributed by atoms with Crippen LogP contribution in [0, 0.1) is 5.82 Å². The highest BCUT2D eigenvalue weighted by atomic mass is 79.9. The molecule has 2 aromatic carbocycles. The normalized spacial score (nSPS) is 15.8. The molecule has 2 heterocycles. The second kappa shape index (κ2) is 14.0. The minimum absolute atomic E-state index is 0.0210. The van der Waals surface area contributed by atoms with Crippen LogP contribution in [-0.2, 0) is 12.0 Å². The lowest BCUT2D eigenvalue weighted by Crippen LogP contribution is -2.52. The Kier molecular flexibility index (Phi) is 10.6. The summed E-state index contributed by atoms with van der Waals surface area (Å²) in [5.41, 5.74) is 2.87. The number of amidine groups is 1. The Bertz CT molecular complexity index is 1420. The molecule has 0 bridgehead atoms. The molecule has 2 aliphatic rings.